The molecule has 0 spiro atoms. The first-order chi connectivity index (χ1) is 16.7. The molecular weight excluding hydrogens is 426 g/mol. The van der Waals surface area contributed by atoms with Crippen LogP contribution in [0.15, 0.2) is 67.0 Å². The fourth-order valence-corrected chi connectivity index (χ4v) is 4.85. The smallest absolute Gasteiger partial charge is 0.227 e. The molecule has 1 saturated carbocycles. The molecular formula is C28H33N3O3. The number of nitrogens with one attached hydrogen (secondary N) is 1. The Morgan fingerprint density at radius 1 is 1.03 bits per heavy atom. The van der Waals surface area contributed by atoms with E-state index >= 15 is 0 Å². The van der Waals surface area contributed by atoms with Crippen LogP contribution in [0.2, 0.25) is 0 Å². The van der Waals surface area contributed by atoms with Crippen LogP contribution < -0.4 is 14.4 Å². The van der Waals surface area contributed by atoms with Gasteiger partial charge in [0.1, 0.15) is 0 Å². The van der Waals surface area contributed by atoms with Gasteiger partial charge in [-0.3, -0.25) is 4.79 Å². The van der Waals surface area contributed by atoms with E-state index < -0.39 is 0 Å². The highest BCUT2D eigenvalue weighted by atomic mass is 16.5. The lowest BCUT2D eigenvalue weighted by atomic mass is 9.96. The molecule has 5 rings (SSSR count). The molecule has 1 aromatic heterocycles. The van der Waals surface area contributed by atoms with E-state index in [0.29, 0.717) is 13.0 Å². The maximum Gasteiger partial charge on any atom is 0.227 e. The minimum atomic E-state index is 0.0979. The molecule has 1 saturated heterocycles. The van der Waals surface area contributed by atoms with E-state index in [-0.39, 0.29) is 18.1 Å². The maximum absolute atomic E-state index is 13.3. The molecule has 34 heavy (non-hydrogen) atoms. The van der Waals surface area contributed by atoms with Crippen LogP contribution in [0.5, 0.6) is 11.5 Å². The normalized spacial score (nSPS) is 18.4. The van der Waals surface area contributed by atoms with Crippen molar-refractivity contribution in [2.75, 3.05) is 31.6 Å². The highest BCUT2D eigenvalue weighted by molar-refractivity contribution is 5.79. The SMILES string of the molecule is COc1ccc(N2CCN(C(=O)Cc3cc[nH]c3)C(Cc3ccccc3)C2)cc1OC1CCC1. The fourth-order valence-electron chi connectivity index (χ4n) is 4.85. The summed E-state index contributed by atoms with van der Waals surface area (Å²) in [6.07, 6.45) is 8.76. The fraction of sp³-hybridized carbons (Fsp3) is 0.393. The summed E-state index contributed by atoms with van der Waals surface area (Å²) in [5.41, 5.74) is 3.39. The number of hydrogen-bond acceptors (Lipinski definition) is 4. The van der Waals surface area contributed by atoms with E-state index in [1.165, 1.54) is 12.0 Å². The van der Waals surface area contributed by atoms with Gasteiger partial charge in [-0.15, -0.1) is 0 Å². The summed E-state index contributed by atoms with van der Waals surface area (Å²) >= 11 is 0. The molecule has 3 aromatic rings. The van der Waals surface area contributed by atoms with Gasteiger partial charge in [0.05, 0.1) is 25.7 Å². The number of carbonyl (C=O) groups is 1. The Hall–Kier alpha value is -3.41. The summed E-state index contributed by atoms with van der Waals surface area (Å²) in [6.45, 7) is 2.27. The highest BCUT2D eigenvalue weighted by Crippen LogP contribution is 2.36. The number of methoxy groups -OCH3 is 1. The first-order valence-electron chi connectivity index (χ1n) is 12.2. The summed E-state index contributed by atoms with van der Waals surface area (Å²) in [5, 5.41) is 0. The molecule has 2 aliphatic rings. The summed E-state index contributed by atoms with van der Waals surface area (Å²) in [4.78, 5) is 20.8. The van der Waals surface area contributed by atoms with Crippen LogP contribution in [0.1, 0.15) is 30.4 Å². The number of carbonyl (C=O) groups excluding carboxylic acids is 1. The van der Waals surface area contributed by atoms with Crippen LogP contribution in [0.3, 0.4) is 0 Å². The number of aromatic nitrogens is 1. The van der Waals surface area contributed by atoms with E-state index in [1.807, 2.05) is 30.6 Å². The number of hydrogen-bond donors (Lipinski definition) is 1. The molecule has 1 aliphatic carbocycles. The quantitative estimate of drug-likeness (QED) is 0.541. The number of aromatic amines is 1. The molecule has 0 radical (unpaired) electrons. The third kappa shape index (κ3) is 5.06. The largest absolute Gasteiger partial charge is 0.493 e. The standard InChI is InChI=1S/C28H33N3O3/c1-33-26-11-10-23(18-27(26)34-25-8-5-9-25)30-14-15-31(28(32)17-22-12-13-29-19-22)24(20-30)16-21-6-3-2-4-7-21/h2-4,6-7,10-13,18-19,24-25,29H,5,8-9,14-17,20H2,1H3. The molecule has 178 valence electrons. The van der Waals surface area contributed by atoms with Gasteiger partial charge in [-0.1, -0.05) is 30.3 Å². The van der Waals surface area contributed by atoms with Crippen LogP contribution >= 0.6 is 0 Å². The number of amides is 1. The van der Waals surface area contributed by atoms with Crippen molar-refractivity contribution >= 4 is 11.6 Å². The predicted octanol–water partition coefficient (Wildman–Crippen LogP) is 4.46. The lowest BCUT2D eigenvalue weighted by molar-refractivity contribution is -0.133. The van der Waals surface area contributed by atoms with Crippen molar-refractivity contribution in [3.63, 3.8) is 0 Å². The van der Waals surface area contributed by atoms with Gasteiger partial charge in [0.25, 0.3) is 0 Å². The molecule has 2 fully saturated rings. The Morgan fingerprint density at radius 2 is 1.88 bits per heavy atom. The van der Waals surface area contributed by atoms with Gasteiger partial charge in [0, 0.05) is 43.8 Å². The highest BCUT2D eigenvalue weighted by Gasteiger charge is 2.31. The van der Waals surface area contributed by atoms with Crippen molar-refractivity contribution in [2.45, 2.75) is 44.2 Å². The Labute approximate surface area is 201 Å². The van der Waals surface area contributed by atoms with Crippen LogP contribution in [0.25, 0.3) is 0 Å². The molecule has 1 amide bonds. The molecule has 0 bridgehead atoms. The molecule has 6 heteroatoms. The second-order valence-corrected chi connectivity index (χ2v) is 9.28. The predicted molar refractivity (Wildman–Crippen MR) is 134 cm³/mol. The molecule has 1 aliphatic heterocycles. The first-order valence-corrected chi connectivity index (χ1v) is 12.2. The second-order valence-electron chi connectivity index (χ2n) is 9.28. The van der Waals surface area contributed by atoms with E-state index in [2.05, 4.69) is 51.2 Å². The second kappa shape index (κ2) is 10.2. The van der Waals surface area contributed by atoms with Gasteiger partial charge in [-0.05, 0) is 55.0 Å². The van der Waals surface area contributed by atoms with Crippen LogP contribution in [-0.4, -0.2) is 54.7 Å². The van der Waals surface area contributed by atoms with Gasteiger partial charge >= 0.3 is 0 Å². The van der Waals surface area contributed by atoms with E-state index in [4.69, 9.17) is 9.47 Å². The summed E-state index contributed by atoms with van der Waals surface area (Å²) in [6, 6.07) is 18.7. The van der Waals surface area contributed by atoms with Crippen molar-refractivity contribution in [3.8, 4) is 11.5 Å². The van der Waals surface area contributed by atoms with Crippen molar-refractivity contribution in [3.05, 3.63) is 78.1 Å². The van der Waals surface area contributed by atoms with Crippen molar-refractivity contribution < 1.29 is 14.3 Å². The van der Waals surface area contributed by atoms with E-state index in [0.717, 1.165) is 55.1 Å². The summed E-state index contributed by atoms with van der Waals surface area (Å²) in [5.74, 6) is 1.77. The number of ether oxygens (including phenoxy) is 2. The lowest BCUT2D eigenvalue weighted by Crippen LogP contribution is -2.56. The molecule has 2 heterocycles. The number of H-pyrrole nitrogens is 1. The Morgan fingerprint density at radius 3 is 2.59 bits per heavy atom. The van der Waals surface area contributed by atoms with Gasteiger partial charge in [-0.25, -0.2) is 0 Å². The lowest BCUT2D eigenvalue weighted by Gasteiger charge is -2.43. The van der Waals surface area contributed by atoms with E-state index in [9.17, 15) is 4.79 Å². The van der Waals surface area contributed by atoms with Crippen molar-refractivity contribution in [1.29, 1.82) is 0 Å². The minimum absolute atomic E-state index is 0.0979. The zero-order valence-corrected chi connectivity index (χ0v) is 19.8. The Bertz CT molecular complexity index is 1080. The molecule has 1 atom stereocenters. The summed E-state index contributed by atoms with van der Waals surface area (Å²) in [7, 11) is 1.69. The molecule has 2 aromatic carbocycles. The third-order valence-corrected chi connectivity index (χ3v) is 6.99. The first kappa shape index (κ1) is 22.4. The third-order valence-electron chi connectivity index (χ3n) is 6.99. The van der Waals surface area contributed by atoms with Crippen molar-refractivity contribution in [2.24, 2.45) is 0 Å². The maximum atomic E-state index is 13.3. The molecule has 1 N–H and O–H groups in total. The average molecular weight is 460 g/mol. The number of nitrogens with zero attached hydrogens (tertiary/aromatic N) is 2. The van der Waals surface area contributed by atoms with Crippen LogP contribution in [0.4, 0.5) is 5.69 Å². The Kier molecular flexibility index (Phi) is 6.74. The monoisotopic (exact) mass is 459 g/mol. The molecule has 6 nitrogen and oxygen atoms in total. The van der Waals surface area contributed by atoms with Crippen LogP contribution in [0, 0.1) is 0 Å². The number of rotatable bonds is 8. The van der Waals surface area contributed by atoms with Gasteiger partial charge < -0.3 is 24.3 Å². The number of anilines is 1. The van der Waals surface area contributed by atoms with Crippen LogP contribution in [-0.2, 0) is 17.6 Å². The zero-order chi connectivity index (χ0) is 23.3. The molecule has 1 unspecified atom stereocenters. The minimum Gasteiger partial charge on any atom is -0.493 e. The average Bonchev–Trinajstić information content (AvgIpc) is 3.35. The van der Waals surface area contributed by atoms with Gasteiger partial charge in [-0.2, -0.15) is 0 Å². The van der Waals surface area contributed by atoms with Gasteiger partial charge in [0.15, 0.2) is 11.5 Å². The van der Waals surface area contributed by atoms with Crippen molar-refractivity contribution in [1.82, 2.24) is 9.88 Å². The summed E-state index contributed by atoms with van der Waals surface area (Å²) < 4.78 is 11.8. The zero-order valence-electron chi connectivity index (χ0n) is 19.8. The topological polar surface area (TPSA) is 57.8 Å². The van der Waals surface area contributed by atoms with Gasteiger partial charge in [0.2, 0.25) is 5.91 Å². The van der Waals surface area contributed by atoms with E-state index in [1.54, 1.807) is 7.11 Å². The number of benzene rings is 2. The Balaban J connectivity index is 1.35. The number of piperazine rings is 1.